The lowest BCUT2D eigenvalue weighted by atomic mass is 10.1. The van der Waals surface area contributed by atoms with Crippen LogP contribution in [0.4, 0.5) is 4.39 Å². The van der Waals surface area contributed by atoms with E-state index >= 15 is 0 Å². The molecule has 1 atom stereocenters. The summed E-state index contributed by atoms with van der Waals surface area (Å²) in [5, 5.41) is 7.22. The van der Waals surface area contributed by atoms with Crippen LogP contribution in [0.2, 0.25) is 0 Å². The van der Waals surface area contributed by atoms with Gasteiger partial charge in [0.05, 0.1) is 13.2 Å². The number of aromatic amines is 1. The molecule has 1 unspecified atom stereocenters. The van der Waals surface area contributed by atoms with Crippen molar-refractivity contribution >= 4 is 0 Å². The summed E-state index contributed by atoms with van der Waals surface area (Å²) >= 11 is 0. The van der Waals surface area contributed by atoms with Crippen molar-refractivity contribution in [3.8, 4) is 0 Å². The Labute approximate surface area is 123 Å². The van der Waals surface area contributed by atoms with E-state index in [1.165, 1.54) is 6.07 Å². The Morgan fingerprint density at radius 1 is 1.38 bits per heavy atom. The van der Waals surface area contributed by atoms with Crippen molar-refractivity contribution in [1.82, 2.24) is 20.1 Å². The Kier molecular flexibility index (Phi) is 4.26. The molecule has 1 aromatic heterocycles. The quantitative estimate of drug-likeness (QED) is 0.916. The molecule has 2 heterocycles. The van der Waals surface area contributed by atoms with Crippen LogP contribution in [0.15, 0.2) is 24.3 Å². The number of hydrogen-bond acceptors (Lipinski definition) is 4. The molecule has 21 heavy (non-hydrogen) atoms. The predicted molar refractivity (Wildman–Crippen MR) is 76.1 cm³/mol. The standard InChI is InChI=1S/C15H19FN4O/c1-20(8-11-4-2-3-5-13(11)16)9-14-17-15(19-18-14)12-6-7-21-10-12/h2-5,12H,6-10H2,1H3,(H,17,18,19). The van der Waals surface area contributed by atoms with Crippen LogP contribution in [0.1, 0.15) is 29.6 Å². The maximum atomic E-state index is 13.6. The molecule has 5 nitrogen and oxygen atoms in total. The number of rotatable bonds is 5. The lowest BCUT2D eigenvalue weighted by molar-refractivity contribution is 0.193. The van der Waals surface area contributed by atoms with E-state index in [-0.39, 0.29) is 5.82 Å². The number of nitrogens with one attached hydrogen (secondary N) is 1. The van der Waals surface area contributed by atoms with Gasteiger partial charge in [0.2, 0.25) is 0 Å². The van der Waals surface area contributed by atoms with Gasteiger partial charge in [0, 0.05) is 24.6 Å². The second-order valence-electron chi connectivity index (χ2n) is 5.46. The summed E-state index contributed by atoms with van der Waals surface area (Å²) in [7, 11) is 1.94. The van der Waals surface area contributed by atoms with Crippen LogP contribution >= 0.6 is 0 Å². The van der Waals surface area contributed by atoms with E-state index in [0.717, 1.165) is 24.7 Å². The van der Waals surface area contributed by atoms with E-state index in [1.807, 2.05) is 18.0 Å². The molecule has 0 aliphatic carbocycles. The molecule has 0 amide bonds. The van der Waals surface area contributed by atoms with Gasteiger partial charge in [-0.1, -0.05) is 18.2 Å². The Hall–Kier alpha value is -1.79. The average Bonchev–Trinajstić information content (AvgIpc) is 3.12. The van der Waals surface area contributed by atoms with Gasteiger partial charge in [0.1, 0.15) is 11.6 Å². The summed E-state index contributed by atoms with van der Waals surface area (Å²) in [5.41, 5.74) is 0.684. The van der Waals surface area contributed by atoms with E-state index in [9.17, 15) is 4.39 Å². The highest BCUT2D eigenvalue weighted by Crippen LogP contribution is 2.21. The van der Waals surface area contributed by atoms with Crippen molar-refractivity contribution in [2.24, 2.45) is 0 Å². The van der Waals surface area contributed by atoms with Gasteiger partial charge in [-0.3, -0.25) is 10.00 Å². The van der Waals surface area contributed by atoms with Crippen molar-refractivity contribution in [2.75, 3.05) is 20.3 Å². The van der Waals surface area contributed by atoms with Crippen LogP contribution in [0, 0.1) is 5.82 Å². The summed E-state index contributed by atoms with van der Waals surface area (Å²) in [6.07, 6.45) is 0.975. The van der Waals surface area contributed by atoms with Gasteiger partial charge in [-0.25, -0.2) is 9.37 Å². The van der Waals surface area contributed by atoms with Gasteiger partial charge >= 0.3 is 0 Å². The number of nitrogens with zero attached hydrogens (tertiary/aromatic N) is 3. The Balaban J connectivity index is 1.60. The second-order valence-corrected chi connectivity index (χ2v) is 5.46. The molecule has 0 radical (unpaired) electrons. The van der Waals surface area contributed by atoms with E-state index in [1.54, 1.807) is 12.1 Å². The van der Waals surface area contributed by atoms with Crippen LogP contribution in [-0.4, -0.2) is 40.3 Å². The molecule has 1 N–H and O–H groups in total. The van der Waals surface area contributed by atoms with Crippen molar-refractivity contribution in [3.05, 3.63) is 47.3 Å². The van der Waals surface area contributed by atoms with Gasteiger partial charge in [-0.2, -0.15) is 5.10 Å². The first-order chi connectivity index (χ1) is 10.2. The highest BCUT2D eigenvalue weighted by molar-refractivity contribution is 5.17. The third kappa shape index (κ3) is 3.46. The molecule has 6 heteroatoms. The number of halogens is 1. The van der Waals surface area contributed by atoms with E-state index in [0.29, 0.717) is 31.2 Å². The molecule has 0 bridgehead atoms. The second kappa shape index (κ2) is 6.32. The highest BCUT2D eigenvalue weighted by Gasteiger charge is 2.22. The molecule has 1 fully saturated rings. The molecule has 2 aromatic rings. The minimum absolute atomic E-state index is 0.175. The van der Waals surface area contributed by atoms with Crippen molar-refractivity contribution < 1.29 is 9.13 Å². The molecule has 112 valence electrons. The summed E-state index contributed by atoms with van der Waals surface area (Å²) in [6, 6.07) is 6.83. The molecule has 1 aliphatic heterocycles. The average molecular weight is 290 g/mol. The van der Waals surface area contributed by atoms with Crippen LogP contribution in [0.25, 0.3) is 0 Å². The fourth-order valence-corrected chi connectivity index (χ4v) is 2.53. The van der Waals surface area contributed by atoms with Crippen molar-refractivity contribution in [2.45, 2.75) is 25.4 Å². The van der Waals surface area contributed by atoms with Gasteiger partial charge in [0.25, 0.3) is 0 Å². The molecule has 0 spiro atoms. The number of aromatic nitrogens is 3. The monoisotopic (exact) mass is 290 g/mol. The summed E-state index contributed by atoms with van der Waals surface area (Å²) in [4.78, 5) is 6.52. The smallest absolute Gasteiger partial charge is 0.156 e. The van der Waals surface area contributed by atoms with Crippen LogP contribution in [0.5, 0.6) is 0 Å². The normalized spacial score (nSPS) is 18.5. The molecule has 1 aromatic carbocycles. The Morgan fingerprint density at radius 2 is 2.24 bits per heavy atom. The first-order valence-electron chi connectivity index (χ1n) is 7.13. The number of hydrogen-bond donors (Lipinski definition) is 1. The molecule has 1 saturated heterocycles. The van der Waals surface area contributed by atoms with E-state index in [4.69, 9.17) is 4.74 Å². The fourth-order valence-electron chi connectivity index (χ4n) is 2.53. The first-order valence-corrected chi connectivity index (χ1v) is 7.13. The number of ether oxygens (including phenoxy) is 1. The maximum Gasteiger partial charge on any atom is 0.156 e. The highest BCUT2D eigenvalue weighted by atomic mass is 19.1. The molecular weight excluding hydrogens is 271 g/mol. The minimum atomic E-state index is -0.175. The lowest BCUT2D eigenvalue weighted by Gasteiger charge is -2.15. The number of benzene rings is 1. The first kappa shape index (κ1) is 14.2. The van der Waals surface area contributed by atoms with Crippen LogP contribution < -0.4 is 0 Å². The minimum Gasteiger partial charge on any atom is -0.381 e. The Morgan fingerprint density at radius 3 is 3.00 bits per heavy atom. The van der Waals surface area contributed by atoms with Crippen LogP contribution in [0.3, 0.4) is 0 Å². The van der Waals surface area contributed by atoms with Gasteiger partial charge < -0.3 is 4.74 Å². The van der Waals surface area contributed by atoms with Crippen LogP contribution in [-0.2, 0) is 17.8 Å². The topological polar surface area (TPSA) is 54.0 Å². The van der Waals surface area contributed by atoms with E-state index < -0.39 is 0 Å². The summed E-state index contributed by atoms with van der Waals surface area (Å²) in [5.74, 6) is 1.75. The zero-order chi connectivity index (χ0) is 14.7. The fraction of sp³-hybridized carbons (Fsp3) is 0.467. The third-order valence-electron chi connectivity index (χ3n) is 3.66. The van der Waals surface area contributed by atoms with Gasteiger partial charge in [-0.15, -0.1) is 0 Å². The SMILES string of the molecule is CN(Cc1nc(C2CCOC2)n[nH]1)Cc1ccccc1F. The molecular formula is C15H19FN4O. The largest absolute Gasteiger partial charge is 0.381 e. The lowest BCUT2D eigenvalue weighted by Crippen LogP contribution is -2.18. The summed E-state index contributed by atoms with van der Waals surface area (Å²) in [6.45, 7) is 2.62. The zero-order valence-corrected chi connectivity index (χ0v) is 12.1. The van der Waals surface area contributed by atoms with Crippen molar-refractivity contribution in [3.63, 3.8) is 0 Å². The Bertz CT molecular complexity index is 595. The molecule has 0 saturated carbocycles. The molecule has 3 rings (SSSR count). The zero-order valence-electron chi connectivity index (χ0n) is 12.1. The van der Waals surface area contributed by atoms with Crippen molar-refractivity contribution in [1.29, 1.82) is 0 Å². The number of H-pyrrole nitrogens is 1. The van der Waals surface area contributed by atoms with Gasteiger partial charge in [0.15, 0.2) is 5.82 Å². The van der Waals surface area contributed by atoms with Gasteiger partial charge in [-0.05, 0) is 19.5 Å². The maximum absolute atomic E-state index is 13.6. The predicted octanol–water partition coefficient (Wildman–Crippen LogP) is 2.08. The third-order valence-corrected chi connectivity index (χ3v) is 3.66. The summed E-state index contributed by atoms with van der Waals surface area (Å²) < 4.78 is 19.0. The van der Waals surface area contributed by atoms with E-state index in [2.05, 4.69) is 15.2 Å². The molecule has 1 aliphatic rings.